The quantitative estimate of drug-likeness (QED) is 0.488. The summed E-state index contributed by atoms with van der Waals surface area (Å²) < 4.78 is 12.9. The fourth-order valence-electron chi connectivity index (χ4n) is 2.54. The molecular formula is C14H16FN. The van der Waals surface area contributed by atoms with Crippen molar-refractivity contribution in [1.82, 2.24) is 0 Å². The van der Waals surface area contributed by atoms with Gasteiger partial charge in [0.1, 0.15) is 5.82 Å². The lowest BCUT2D eigenvalue weighted by molar-refractivity contribution is 0.457. The van der Waals surface area contributed by atoms with Crippen LogP contribution >= 0.6 is 0 Å². The van der Waals surface area contributed by atoms with Crippen molar-refractivity contribution in [2.24, 2.45) is 0 Å². The van der Waals surface area contributed by atoms with Crippen LogP contribution in [0, 0.1) is 12.4 Å². The van der Waals surface area contributed by atoms with Gasteiger partial charge in [-0.05, 0) is 37.1 Å². The van der Waals surface area contributed by atoms with Crippen LogP contribution in [-0.4, -0.2) is 0 Å². The van der Waals surface area contributed by atoms with Gasteiger partial charge in [-0.3, -0.25) is 0 Å². The molecule has 0 N–H and O–H groups in total. The first-order valence-corrected chi connectivity index (χ1v) is 5.91. The molecule has 1 aromatic rings. The van der Waals surface area contributed by atoms with E-state index in [0.717, 1.165) is 31.2 Å². The van der Waals surface area contributed by atoms with Crippen LogP contribution in [0.15, 0.2) is 24.3 Å². The van der Waals surface area contributed by atoms with E-state index in [1.54, 1.807) is 12.1 Å². The van der Waals surface area contributed by atoms with Crippen molar-refractivity contribution in [3.63, 3.8) is 0 Å². The molecule has 2 rings (SSSR count). The van der Waals surface area contributed by atoms with Crippen molar-refractivity contribution in [2.45, 2.75) is 44.1 Å². The second-order valence-electron chi connectivity index (χ2n) is 4.56. The van der Waals surface area contributed by atoms with E-state index < -0.39 is 0 Å². The minimum atomic E-state index is -0.385. The molecule has 1 aliphatic rings. The van der Waals surface area contributed by atoms with Crippen molar-refractivity contribution in [1.29, 1.82) is 0 Å². The number of hydrogen-bond acceptors (Lipinski definition) is 0. The lowest BCUT2D eigenvalue weighted by Gasteiger charge is -2.20. The fourth-order valence-corrected chi connectivity index (χ4v) is 2.54. The van der Waals surface area contributed by atoms with Crippen molar-refractivity contribution >= 4 is 0 Å². The zero-order valence-electron chi connectivity index (χ0n) is 9.38. The van der Waals surface area contributed by atoms with Gasteiger partial charge >= 0.3 is 0 Å². The van der Waals surface area contributed by atoms with E-state index in [4.69, 9.17) is 6.57 Å². The first kappa shape index (κ1) is 11.1. The maximum atomic E-state index is 12.9. The van der Waals surface area contributed by atoms with Gasteiger partial charge in [-0.25, -0.2) is 11.0 Å². The number of hydrogen-bond donors (Lipinski definition) is 0. The highest BCUT2D eigenvalue weighted by Crippen LogP contribution is 2.39. The van der Waals surface area contributed by atoms with Gasteiger partial charge in [0, 0.05) is 18.4 Å². The lowest BCUT2D eigenvalue weighted by atomic mass is 9.84. The number of nitrogens with zero attached hydrogens (tertiary/aromatic N) is 1. The number of rotatable bonds is 1. The van der Waals surface area contributed by atoms with Crippen LogP contribution in [0.5, 0.6) is 0 Å². The maximum Gasteiger partial charge on any atom is 0.257 e. The summed E-state index contributed by atoms with van der Waals surface area (Å²) in [5.41, 5.74) is 0.607. The molecule has 1 aliphatic carbocycles. The Morgan fingerprint density at radius 3 is 2.06 bits per heavy atom. The fraction of sp³-hybridized carbons (Fsp3) is 0.500. The molecule has 1 fully saturated rings. The molecule has 0 saturated heterocycles. The summed E-state index contributed by atoms with van der Waals surface area (Å²) in [5.74, 6) is -0.225. The van der Waals surface area contributed by atoms with Gasteiger partial charge in [-0.15, -0.1) is 0 Å². The summed E-state index contributed by atoms with van der Waals surface area (Å²) in [5, 5.41) is 0. The normalized spacial score (nSPS) is 19.8. The molecule has 16 heavy (non-hydrogen) atoms. The molecule has 0 atom stereocenters. The van der Waals surface area contributed by atoms with Crippen LogP contribution < -0.4 is 0 Å². The number of halogens is 1. The maximum absolute atomic E-state index is 12.9. The van der Waals surface area contributed by atoms with Crippen LogP contribution in [-0.2, 0) is 5.54 Å². The van der Waals surface area contributed by atoms with Gasteiger partial charge in [-0.1, -0.05) is 12.8 Å². The monoisotopic (exact) mass is 217 g/mol. The molecule has 1 nitrogen and oxygen atoms in total. The van der Waals surface area contributed by atoms with Gasteiger partial charge in [-0.2, -0.15) is 0 Å². The minimum absolute atomic E-state index is 0.225. The van der Waals surface area contributed by atoms with E-state index in [2.05, 4.69) is 4.85 Å². The molecule has 1 aromatic carbocycles. The zero-order valence-corrected chi connectivity index (χ0v) is 9.38. The Bertz CT molecular complexity index is 380. The van der Waals surface area contributed by atoms with Gasteiger partial charge < -0.3 is 4.85 Å². The Labute approximate surface area is 96.1 Å². The summed E-state index contributed by atoms with van der Waals surface area (Å²) in [6.45, 7) is 7.46. The Morgan fingerprint density at radius 1 is 1.00 bits per heavy atom. The third kappa shape index (κ3) is 2.09. The Balaban J connectivity index is 2.33. The highest BCUT2D eigenvalue weighted by Gasteiger charge is 2.38. The summed E-state index contributed by atoms with van der Waals surface area (Å²) in [6.07, 6.45) is 6.50. The average molecular weight is 217 g/mol. The lowest BCUT2D eigenvalue weighted by Crippen LogP contribution is -2.20. The predicted octanol–water partition coefficient (Wildman–Crippen LogP) is 4.29. The second kappa shape index (κ2) is 4.65. The van der Waals surface area contributed by atoms with Gasteiger partial charge in [0.25, 0.3) is 5.54 Å². The smallest absolute Gasteiger partial charge is 0.257 e. The molecule has 0 heterocycles. The minimum Gasteiger partial charge on any atom is -0.305 e. The molecule has 0 bridgehead atoms. The zero-order chi connectivity index (χ0) is 11.4. The molecule has 0 spiro atoms. The molecule has 0 unspecified atom stereocenters. The molecular weight excluding hydrogens is 201 g/mol. The largest absolute Gasteiger partial charge is 0.305 e. The van der Waals surface area contributed by atoms with E-state index in [1.165, 1.54) is 25.0 Å². The first-order chi connectivity index (χ1) is 7.77. The average Bonchev–Trinajstić information content (AvgIpc) is 2.56. The predicted molar refractivity (Wildman–Crippen MR) is 62.4 cm³/mol. The van der Waals surface area contributed by atoms with E-state index in [9.17, 15) is 4.39 Å². The third-order valence-electron chi connectivity index (χ3n) is 3.53. The van der Waals surface area contributed by atoms with Crippen LogP contribution in [0.1, 0.15) is 44.1 Å². The van der Waals surface area contributed by atoms with Gasteiger partial charge in [0.2, 0.25) is 0 Å². The number of benzene rings is 1. The van der Waals surface area contributed by atoms with Crippen LogP contribution in [0.4, 0.5) is 4.39 Å². The molecule has 0 radical (unpaired) electrons. The first-order valence-electron chi connectivity index (χ1n) is 5.91. The Kier molecular flexibility index (Phi) is 3.24. The summed E-state index contributed by atoms with van der Waals surface area (Å²) in [4.78, 5) is 3.87. The van der Waals surface area contributed by atoms with Gasteiger partial charge in [0.05, 0.1) is 0 Å². The van der Waals surface area contributed by atoms with Crippen LogP contribution in [0.2, 0.25) is 0 Å². The Hall–Kier alpha value is -1.36. The molecule has 1 saturated carbocycles. The summed E-state index contributed by atoms with van der Waals surface area (Å²) in [6, 6.07) is 6.48. The molecule has 84 valence electrons. The Morgan fingerprint density at radius 2 is 1.56 bits per heavy atom. The van der Waals surface area contributed by atoms with Crippen molar-refractivity contribution in [2.75, 3.05) is 0 Å². The third-order valence-corrected chi connectivity index (χ3v) is 3.53. The van der Waals surface area contributed by atoms with Gasteiger partial charge in [0.15, 0.2) is 0 Å². The van der Waals surface area contributed by atoms with Crippen LogP contribution in [0.25, 0.3) is 4.85 Å². The highest BCUT2D eigenvalue weighted by atomic mass is 19.1. The standard InChI is InChI=1S/C14H16FN/c1-16-14(10-4-2-3-5-11-14)12-6-8-13(15)9-7-12/h6-9H,2-5,10-11H2. The van der Waals surface area contributed by atoms with E-state index in [-0.39, 0.29) is 11.4 Å². The van der Waals surface area contributed by atoms with Crippen LogP contribution in [0.3, 0.4) is 0 Å². The molecule has 2 heteroatoms. The van der Waals surface area contributed by atoms with E-state index in [1.807, 2.05) is 0 Å². The molecule has 0 aromatic heterocycles. The van der Waals surface area contributed by atoms with E-state index in [0.29, 0.717) is 0 Å². The van der Waals surface area contributed by atoms with Crippen molar-refractivity contribution in [3.8, 4) is 0 Å². The highest BCUT2D eigenvalue weighted by molar-refractivity contribution is 5.28. The summed E-state index contributed by atoms with van der Waals surface area (Å²) in [7, 11) is 0. The SMILES string of the molecule is [C-]#[N+]C1(c2ccc(F)cc2)CCCCCC1. The summed E-state index contributed by atoms with van der Waals surface area (Å²) >= 11 is 0. The topological polar surface area (TPSA) is 4.36 Å². The molecule has 0 aliphatic heterocycles. The van der Waals surface area contributed by atoms with Crippen molar-refractivity contribution in [3.05, 3.63) is 47.1 Å². The second-order valence-corrected chi connectivity index (χ2v) is 4.56. The molecule has 0 amide bonds. The van der Waals surface area contributed by atoms with E-state index >= 15 is 0 Å². The van der Waals surface area contributed by atoms with Crippen molar-refractivity contribution < 1.29 is 4.39 Å².